The molecule has 0 aliphatic rings. The summed E-state index contributed by atoms with van der Waals surface area (Å²) in [5, 5.41) is 3.32. The summed E-state index contributed by atoms with van der Waals surface area (Å²) in [5.41, 5.74) is 1.10. The summed E-state index contributed by atoms with van der Waals surface area (Å²) in [6.45, 7) is 3.83. The Hall–Kier alpha value is -0.970. The van der Waals surface area contributed by atoms with E-state index in [0.29, 0.717) is 13.2 Å². The molecule has 0 unspecified atom stereocenters. The van der Waals surface area contributed by atoms with Gasteiger partial charge in [-0.3, -0.25) is 0 Å². The van der Waals surface area contributed by atoms with E-state index in [1.165, 1.54) is 12.1 Å². The lowest BCUT2D eigenvalue weighted by Gasteiger charge is -2.06. The van der Waals surface area contributed by atoms with Crippen LogP contribution in [0.3, 0.4) is 0 Å². The fraction of sp³-hybridized carbons (Fsp3) is 0.571. The van der Waals surface area contributed by atoms with Crippen molar-refractivity contribution >= 4 is 0 Å². The lowest BCUT2D eigenvalue weighted by Crippen LogP contribution is -2.15. The van der Waals surface area contributed by atoms with Gasteiger partial charge in [-0.2, -0.15) is 0 Å². The summed E-state index contributed by atoms with van der Waals surface area (Å²) in [6.07, 6.45) is 2.12. The third-order valence-electron chi connectivity index (χ3n) is 2.57. The van der Waals surface area contributed by atoms with E-state index in [9.17, 15) is 4.39 Å². The van der Waals surface area contributed by atoms with Crippen molar-refractivity contribution in [2.75, 3.05) is 33.5 Å². The molecule has 0 heterocycles. The van der Waals surface area contributed by atoms with Gasteiger partial charge in [0.2, 0.25) is 0 Å². The minimum Gasteiger partial charge on any atom is -0.382 e. The molecule has 102 valence electrons. The number of ether oxygens (including phenoxy) is 2. The summed E-state index contributed by atoms with van der Waals surface area (Å²) in [6, 6.07) is 6.58. The first-order valence-corrected chi connectivity index (χ1v) is 6.35. The predicted molar refractivity (Wildman–Crippen MR) is 70.0 cm³/mol. The van der Waals surface area contributed by atoms with Crippen LogP contribution in [0.1, 0.15) is 18.4 Å². The third kappa shape index (κ3) is 7.37. The van der Waals surface area contributed by atoms with Crippen LogP contribution in [0.2, 0.25) is 0 Å². The second-order valence-electron chi connectivity index (χ2n) is 4.12. The lowest BCUT2D eigenvalue weighted by molar-refractivity contribution is 0.0688. The zero-order chi connectivity index (χ0) is 13.1. The van der Waals surface area contributed by atoms with Crippen LogP contribution >= 0.6 is 0 Å². The van der Waals surface area contributed by atoms with Crippen LogP contribution in [-0.2, 0) is 16.0 Å². The fourth-order valence-corrected chi connectivity index (χ4v) is 1.53. The minimum atomic E-state index is -0.188. The normalized spacial score (nSPS) is 10.8. The van der Waals surface area contributed by atoms with E-state index < -0.39 is 0 Å². The molecule has 1 N–H and O–H groups in total. The fourth-order valence-electron chi connectivity index (χ4n) is 1.53. The maximum Gasteiger partial charge on any atom is 0.123 e. The van der Waals surface area contributed by atoms with Gasteiger partial charge in [0.1, 0.15) is 5.82 Å². The zero-order valence-electron chi connectivity index (χ0n) is 11.0. The molecule has 18 heavy (non-hydrogen) atoms. The summed E-state index contributed by atoms with van der Waals surface area (Å²) in [7, 11) is 1.67. The van der Waals surface area contributed by atoms with Gasteiger partial charge in [0.05, 0.1) is 13.2 Å². The lowest BCUT2D eigenvalue weighted by atomic mass is 10.2. The average Bonchev–Trinajstić information content (AvgIpc) is 2.39. The van der Waals surface area contributed by atoms with Gasteiger partial charge in [0.15, 0.2) is 0 Å². The van der Waals surface area contributed by atoms with Crippen LogP contribution in [-0.4, -0.2) is 33.5 Å². The highest BCUT2D eigenvalue weighted by Crippen LogP contribution is 2.02. The van der Waals surface area contributed by atoms with Gasteiger partial charge in [-0.1, -0.05) is 12.1 Å². The number of methoxy groups -OCH3 is 1. The zero-order valence-corrected chi connectivity index (χ0v) is 11.0. The van der Waals surface area contributed by atoms with Crippen LogP contribution in [0.4, 0.5) is 4.39 Å². The number of halogens is 1. The second kappa shape index (κ2) is 10.00. The van der Waals surface area contributed by atoms with Gasteiger partial charge < -0.3 is 14.8 Å². The number of hydrogen-bond acceptors (Lipinski definition) is 3. The Morgan fingerprint density at radius 1 is 1.06 bits per heavy atom. The molecular formula is C14H22FNO2. The highest BCUT2D eigenvalue weighted by atomic mass is 19.1. The molecule has 0 aromatic heterocycles. The Morgan fingerprint density at radius 3 is 2.56 bits per heavy atom. The van der Waals surface area contributed by atoms with Crippen LogP contribution in [0.25, 0.3) is 0 Å². The van der Waals surface area contributed by atoms with Crippen molar-refractivity contribution in [2.24, 2.45) is 0 Å². The molecule has 0 aliphatic heterocycles. The van der Waals surface area contributed by atoms with Gasteiger partial charge in [-0.15, -0.1) is 0 Å². The molecule has 0 saturated carbocycles. The van der Waals surface area contributed by atoms with Crippen molar-refractivity contribution in [3.63, 3.8) is 0 Å². The Bertz CT molecular complexity index is 303. The highest BCUT2D eigenvalue weighted by molar-refractivity contribution is 5.15. The molecule has 0 bridgehead atoms. The van der Waals surface area contributed by atoms with Gasteiger partial charge in [-0.25, -0.2) is 4.39 Å². The standard InChI is InChI=1S/C14H22FNO2/c1-17-10-11-18-9-3-2-8-16-12-13-4-6-14(15)7-5-13/h4-7,16H,2-3,8-12H2,1H3. The van der Waals surface area contributed by atoms with Crippen molar-refractivity contribution < 1.29 is 13.9 Å². The summed E-state index contributed by atoms with van der Waals surface area (Å²) < 4.78 is 22.9. The molecule has 3 nitrogen and oxygen atoms in total. The van der Waals surface area contributed by atoms with Crippen molar-refractivity contribution in [3.05, 3.63) is 35.6 Å². The van der Waals surface area contributed by atoms with Gasteiger partial charge in [-0.05, 0) is 37.1 Å². The number of unbranched alkanes of at least 4 members (excludes halogenated alkanes) is 1. The number of rotatable bonds is 10. The van der Waals surface area contributed by atoms with Crippen molar-refractivity contribution in [3.8, 4) is 0 Å². The maximum atomic E-state index is 12.7. The topological polar surface area (TPSA) is 30.5 Å². The van der Waals surface area contributed by atoms with Gasteiger partial charge in [0.25, 0.3) is 0 Å². The number of hydrogen-bond donors (Lipinski definition) is 1. The number of benzene rings is 1. The molecule has 0 amide bonds. The molecule has 1 rings (SSSR count). The Kier molecular flexibility index (Phi) is 8.38. The molecule has 0 spiro atoms. The molecular weight excluding hydrogens is 233 g/mol. The van der Waals surface area contributed by atoms with Crippen molar-refractivity contribution in [2.45, 2.75) is 19.4 Å². The third-order valence-corrected chi connectivity index (χ3v) is 2.57. The van der Waals surface area contributed by atoms with Gasteiger partial charge in [0, 0.05) is 20.3 Å². The largest absolute Gasteiger partial charge is 0.382 e. The maximum absolute atomic E-state index is 12.7. The Labute approximate surface area is 108 Å². The molecule has 0 radical (unpaired) electrons. The minimum absolute atomic E-state index is 0.188. The molecule has 1 aromatic carbocycles. The van der Waals surface area contributed by atoms with E-state index in [2.05, 4.69) is 5.32 Å². The first-order chi connectivity index (χ1) is 8.83. The summed E-state index contributed by atoms with van der Waals surface area (Å²) in [4.78, 5) is 0. The quantitative estimate of drug-likeness (QED) is 0.651. The molecule has 0 fully saturated rings. The smallest absolute Gasteiger partial charge is 0.123 e. The summed E-state index contributed by atoms with van der Waals surface area (Å²) >= 11 is 0. The summed E-state index contributed by atoms with van der Waals surface area (Å²) in [5.74, 6) is -0.188. The molecule has 1 aromatic rings. The molecule has 0 saturated heterocycles. The molecule has 4 heteroatoms. The predicted octanol–water partition coefficient (Wildman–Crippen LogP) is 2.36. The Morgan fingerprint density at radius 2 is 1.83 bits per heavy atom. The molecule has 0 atom stereocenters. The first kappa shape index (κ1) is 15.1. The van der Waals surface area contributed by atoms with E-state index in [-0.39, 0.29) is 5.82 Å². The van der Waals surface area contributed by atoms with Crippen LogP contribution < -0.4 is 5.32 Å². The van der Waals surface area contributed by atoms with E-state index in [1.54, 1.807) is 19.2 Å². The van der Waals surface area contributed by atoms with Crippen LogP contribution in [0.15, 0.2) is 24.3 Å². The first-order valence-electron chi connectivity index (χ1n) is 6.35. The second-order valence-corrected chi connectivity index (χ2v) is 4.12. The van der Waals surface area contributed by atoms with E-state index in [4.69, 9.17) is 9.47 Å². The van der Waals surface area contributed by atoms with Crippen molar-refractivity contribution in [1.29, 1.82) is 0 Å². The van der Waals surface area contributed by atoms with Crippen LogP contribution in [0, 0.1) is 5.82 Å². The van der Waals surface area contributed by atoms with Crippen LogP contribution in [0.5, 0.6) is 0 Å². The SMILES string of the molecule is COCCOCCCCNCc1ccc(F)cc1. The number of nitrogens with one attached hydrogen (secondary N) is 1. The average molecular weight is 255 g/mol. The van der Waals surface area contributed by atoms with E-state index in [0.717, 1.165) is 38.1 Å². The molecule has 0 aliphatic carbocycles. The highest BCUT2D eigenvalue weighted by Gasteiger charge is 1.94. The van der Waals surface area contributed by atoms with E-state index in [1.807, 2.05) is 0 Å². The Balaban J connectivity index is 1.91. The van der Waals surface area contributed by atoms with Gasteiger partial charge >= 0.3 is 0 Å². The monoisotopic (exact) mass is 255 g/mol. The van der Waals surface area contributed by atoms with E-state index >= 15 is 0 Å². The van der Waals surface area contributed by atoms with Crippen molar-refractivity contribution in [1.82, 2.24) is 5.32 Å².